The van der Waals surface area contributed by atoms with Gasteiger partial charge in [0.15, 0.2) is 0 Å². The van der Waals surface area contributed by atoms with Crippen LogP contribution in [0.5, 0.6) is 0 Å². The number of nitrogens with zero attached hydrogens (tertiary/aromatic N) is 4. The molecule has 1 amide bonds. The number of hydrogen-bond acceptors (Lipinski definition) is 5. The highest BCUT2D eigenvalue weighted by Crippen LogP contribution is 2.13. The van der Waals surface area contributed by atoms with Crippen molar-refractivity contribution in [3.8, 4) is 0 Å². The van der Waals surface area contributed by atoms with Gasteiger partial charge in [-0.1, -0.05) is 11.6 Å². The third-order valence-corrected chi connectivity index (χ3v) is 3.18. The lowest BCUT2D eigenvalue weighted by atomic mass is 10.3. The lowest BCUT2D eigenvalue weighted by Gasteiger charge is -2.34. The van der Waals surface area contributed by atoms with Crippen molar-refractivity contribution in [3.05, 3.63) is 17.4 Å². The average Bonchev–Trinajstić information content (AvgIpc) is 2.42. The van der Waals surface area contributed by atoms with Gasteiger partial charge in [0.2, 0.25) is 11.9 Å². The van der Waals surface area contributed by atoms with E-state index >= 15 is 0 Å². The molecular weight excluding hydrogens is 268 g/mol. The lowest BCUT2D eigenvalue weighted by Crippen LogP contribution is -2.51. The standard InChI is InChI=1S/C12H17ClN4O2/c1-19-6-2-3-16-4-5-17(9-11(16)18)12-14-7-10(13)8-15-12/h7-8H,2-6,9H2,1H3. The van der Waals surface area contributed by atoms with Crippen LogP contribution < -0.4 is 4.90 Å². The minimum Gasteiger partial charge on any atom is -0.385 e. The number of hydrogen-bond donors (Lipinski definition) is 0. The molecule has 0 aliphatic carbocycles. The summed E-state index contributed by atoms with van der Waals surface area (Å²) in [6, 6.07) is 0. The maximum atomic E-state index is 12.0. The fourth-order valence-electron chi connectivity index (χ4n) is 1.98. The Kier molecular flexibility index (Phi) is 4.93. The number of halogens is 1. The van der Waals surface area contributed by atoms with Gasteiger partial charge in [-0.25, -0.2) is 9.97 Å². The Hall–Kier alpha value is -1.40. The van der Waals surface area contributed by atoms with Crippen LogP contribution in [-0.2, 0) is 9.53 Å². The van der Waals surface area contributed by atoms with Gasteiger partial charge in [-0.2, -0.15) is 0 Å². The van der Waals surface area contributed by atoms with Crippen molar-refractivity contribution in [3.63, 3.8) is 0 Å². The van der Waals surface area contributed by atoms with Gasteiger partial charge in [-0.3, -0.25) is 4.79 Å². The number of carbonyl (C=O) groups excluding carboxylic acids is 1. The third kappa shape index (κ3) is 3.78. The average molecular weight is 285 g/mol. The first-order chi connectivity index (χ1) is 9.20. The molecule has 0 spiro atoms. The van der Waals surface area contributed by atoms with Crippen LogP contribution in [0.2, 0.25) is 5.02 Å². The van der Waals surface area contributed by atoms with Crippen molar-refractivity contribution in [2.24, 2.45) is 0 Å². The summed E-state index contributed by atoms with van der Waals surface area (Å²) in [6.07, 6.45) is 3.94. The van der Waals surface area contributed by atoms with Crippen molar-refractivity contribution in [1.29, 1.82) is 0 Å². The normalized spacial score (nSPS) is 16.0. The van der Waals surface area contributed by atoms with Gasteiger partial charge in [0, 0.05) is 33.4 Å². The van der Waals surface area contributed by atoms with Crippen molar-refractivity contribution in [1.82, 2.24) is 14.9 Å². The molecule has 2 rings (SSSR count). The number of rotatable bonds is 5. The van der Waals surface area contributed by atoms with Crippen LogP contribution in [0.25, 0.3) is 0 Å². The Labute approximate surface area is 117 Å². The molecule has 0 radical (unpaired) electrons. The molecule has 7 heteroatoms. The highest BCUT2D eigenvalue weighted by Gasteiger charge is 2.24. The van der Waals surface area contributed by atoms with Crippen molar-refractivity contribution in [2.45, 2.75) is 6.42 Å². The Morgan fingerprint density at radius 2 is 2.11 bits per heavy atom. The second-order valence-corrected chi connectivity index (χ2v) is 4.79. The molecule has 1 aliphatic rings. The van der Waals surface area contributed by atoms with Gasteiger partial charge in [0.05, 0.1) is 24.0 Å². The van der Waals surface area contributed by atoms with Crippen molar-refractivity contribution >= 4 is 23.5 Å². The van der Waals surface area contributed by atoms with E-state index in [1.54, 1.807) is 19.5 Å². The molecule has 1 aromatic rings. The van der Waals surface area contributed by atoms with E-state index in [4.69, 9.17) is 16.3 Å². The van der Waals surface area contributed by atoms with E-state index in [1.807, 2.05) is 9.80 Å². The minimum absolute atomic E-state index is 0.0981. The minimum atomic E-state index is 0.0981. The molecule has 6 nitrogen and oxygen atoms in total. The third-order valence-electron chi connectivity index (χ3n) is 2.98. The number of ether oxygens (including phenoxy) is 1. The van der Waals surface area contributed by atoms with Crippen molar-refractivity contribution < 1.29 is 9.53 Å². The van der Waals surface area contributed by atoms with Gasteiger partial charge in [-0.15, -0.1) is 0 Å². The largest absolute Gasteiger partial charge is 0.385 e. The quantitative estimate of drug-likeness (QED) is 0.749. The maximum absolute atomic E-state index is 12.0. The van der Waals surface area contributed by atoms with Crippen LogP contribution in [0.1, 0.15) is 6.42 Å². The Bertz CT molecular complexity index is 426. The van der Waals surface area contributed by atoms with Crippen LogP contribution in [0.3, 0.4) is 0 Å². The second-order valence-electron chi connectivity index (χ2n) is 4.35. The fraction of sp³-hybridized carbons (Fsp3) is 0.583. The number of amides is 1. The molecule has 1 aliphatic heterocycles. The molecule has 1 aromatic heterocycles. The van der Waals surface area contributed by atoms with Crippen LogP contribution in [0.4, 0.5) is 5.95 Å². The predicted octanol–water partition coefficient (Wildman–Crippen LogP) is 0.815. The summed E-state index contributed by atoms with van der Waals surface area (Å²) in [5.41, 5.74) is 0. The van der Waals surface area contributed by atoms with E-state index in [9.17, 15) is 4.79 Å². The number of piperazine rings is 1. The predicted molar refractivity (Wildman–Crippen MR) is 72.3 cm³/mol. The van der Waals surface area contributed by atoms with Crippen LogP contribution in [0.15, 0.2) is 12.4 Å². The smallest absolute Gasteiger partial charge is 0.242 e. The van der Waals surface area contributed by atoms with E-state index in [0.717, 1.165) is 19.5 Å². The molecule has 2 heterocycles. The van der Waals surface area contributed by atoms with E-state index < -0.39 is 0 Å². The van der Waals surface area contributed by atoms with E-state index in [1.165, 1.54) is 0 Å². The van der Waals surface area contributed by atoms with Crippen LogP contribution in [-0.4, -0.2) is 60.7 Å². The molecule has 0 atom stereocenters. The van der Waals surface area contributed by atoms with Gasteiger partial charge in [-0.05, 0) is 6.42 Å². The molecule has 19 heavy (non-hydrogen) atoms. The zero-order valence-corrected chi connectivity index (χ0v) is 11.6. The summed E-state index contributed by atoms with van der Waals surface area (Å²) in [6.45, 7) is 3.15. The Balaban J connectivity index is 1.89. The summed E-state index contributed by atoms with van der Waals surface area (Å²) in [5, 5.41) is 0.494. The first kappa shape index (κ1) is 14.0. The second kappa shape index (κ2) is 6.68. The SMILES string of the molecule is COCCCN1CCN(c2ncc(Cl)cn2)CC1=O. The summed E-state index contributed by atoms with van der Waals surface area (Å²) >= 11 is 5.74. The Morgan fingerprint density at radius 1 is 1.37 bits per heavy atom. The molecule has 0 N–H and O–H groups in total. The number of anilines is 1. The topological polar surface area (TPSA) is 58.6 Å². The highest BCUT2D eigenvalue weighted by atomic mass is 35.5. The summed E-state index contributed by atoms with van der Waals surface area (Å²) in [4.78, 5) is 24.0. The molecule has 104 valence electrons. The summed E-state index contributed by atoms with van der Waals surface area (Å²) in [5.74, 6) is 0.648. The highest BCUT2D eigenvalue weighted by molar-refractivity contribution is 6.30. The monoisotopic (exact) mass is 284 g/mol. The molecule has 0 aromatic carbocycles. The lowest BCUT2D eigenvalue weighted by molar-refractivity contribution is -0.131. The van der Waals surface area contributed by atoms with Gasteiger partial charge in [0.1, 0.15) is 0 Å². The van der Waals surface area contributed by atoms with E-state index in [-0.39, 0.29) is 5.91 Å². The first-order valence-electron chi connectivity index (χ1n) is 6.20. The maximum Gasteiger partial charge on any atom is 0.242 e. The summed E-state index contributed by atoms with van der Waals surface area (Å²) < 4.78 is 4.99. The molecule has 1 fully saturated rings. The first-order valence-corrected chi connectivity index (χ1v) is 6.57. The number of aromatic nitrogens is 2. The molecular formula is C12H17ClN4O2. The van der Waals surface area contributed by atoms with Gasteiger partial charge < -0.3 is 14.5 Å². The zero-order valence-electron chi connectivity index (χ0n) is 10.9. The van der Waals surface area contributed by atoms with Crippen LogP contribution >= 0.6 is 11.6 Å². The molecule has 1 saturated heterocycles. The zero-order chi connectivity index (χ0) is 13.7. The van der Waals surface area contributed by atoms with Crippen LogP contribution in [0, 0.1) is 0 Å². The summed E-state index contributed by atoms with van der Waals surface area (Å²) in [7, 11) is 1.66. The van der Waals surface area contributed by atoms with Gasteiger partial charge in [0.25, 0.3) is 0 Å². The molecule has 0 saturated carbocycles. The molecule has 0 bridgehead atoms. The van der Waals surface area contributed by atoms with E-state index in [2.05, 4.69) is 9.97 Å². The van der Waals surface area contributed by atoms with E-state index in [0.29, 0.717) is 30.7 Å². The number of carbonyl (C=O) groups is 1. The van der Waals surface area contributed by atoms with Crippen molar-refractivity contribution in [2.75, 3.05) is 44.8 Å². The Morgan fingerprint density at radius 3 is 2.74 bits per heavy atom. The number of methoxy groups -OCH3 is 1. The molecule has 0 unspecified atom stereocenters. The fourth-order valence-corrected chi connectivity index (χ4v) is 2.08. The van der Waals surface area contributed by atoms with Gasteiger partial charge >= 0.3 is 0 Å².